The van der Waals surface area contributed by atoms with Gasteiger partial charge in [0.1, 0.15) is 5.75 Å². The van der Waals surface area contributed by atoms with E-state index in [4.69, 9.17) is 4.74 Å². The Morgan fingerprint density at radius 2 is 1.69 bits per heavy atom. The lowest BCUT2D eigenvalue weighted by atomic mass is 9.68. The second-order valence-corrected chi connectivity index (χ2v) is 15.0. The van der Waals surface area contributed by atoms with Gasteiger partial charge in [-0.2, -0.15) is 13.2 Å². The first-order valence-electron chi connectivity index (χ1n) is 15.5. The van der Waals surface area contributed by atoms with Crippen molar-refractivity contribution in [1.82, 2.24) is 4.98 Å². The summed E-state index contributed by atoms with van der Waals surface area (Å²) in [6.07, 6.45) is -3.76. The number of nitrogens with one attached hydrogen (secondary N) is 2. The number of H-pyrrole nitrogens is 1. The molecule has 0 radical (unpaired) electrons. The molecule has 1 saturated heterocycles. The van der Waals surface area contributed by atoms with Gasteiger partial charge >= 0.3 is 11.0 Å². The zero-order valence-electron chi connectivity index (χ0n) is 25.3. The molecule has 3 amide bonds. The number of hydrogen-bond donors (Lipinski definition) is 2. The molecule has 6 unspecified atom stereocenters. The Morgan fingerprint density at radius 3 is 2.40 bits per heavy atom. The number of thiazole rings is 1. The van der Waals surface area contributed by atoms with Crippen LogP contribution in [0.4, 0.5) is 24.5 Å². The lowest BCUT2D eigenvalue weighted by Gasteiger charge is -2.43. The summed E-state index contributed by atoms with van der Waals surface area (Å²) < 4.78 is 44.8. The van der Waals surface area contributed by atoms with Crippen LogP contribution in [0.3, 0.4) is 0 Å². The molecular formula is C35H28F3N3O5S2. The largest absolute Gasteiger partial charge is 0.484 e. The lowest BCUT2D eigenvalue weighted by Crippen LogP contribution is -2.42. The molecular weight excluding hydrogens is 664 g/mol. The molecule has 246 valence electrons. The van der Waals surface area contributed by atoms with Gasteiger partial charge in [-0.1, -0.05) is 47.2 Å². The number of carbonyl (C=O) groups is 3. The van der Waals surface area contributed by atoms with E-state index in [2.05, 4.69) is 10.3 Å². The average molecular weight is 692 g/mol. The monoisotopic (exact) mass is 691 g/mol. The number of anilines is 2. The molecule has 1 aromatic heterocycles. The Bertz CT molecular complexity index is 2010. The van der Waals surface area contributed by atoms with Crippen LogP contribution in [0.5, 0.6) is 5.75 Å². The number of ether oxygens (including phenoxy) is 1. The third kappa shape index (κ3) is 5.06. The number of hydrogen-bond acceptors (Lipinski definition) is 7. The normalized spacial score (nSPS) is 27.1. The smallest absolute Gasteiger partial charge is 0.416 e. The summed E-state index contributed by atoms with van der Waals surface area (Å²) in [5.41, 5.74) is 1.71. The number of aryl methyl sites for hydroxylation is 1. The highest BCUT2D eigenvalue weighted by Crippen LogP contribution is 2.68. The van der Waals surface area contributed by atoms with Crippen molar-refractivity contribution in [3.05, 3.63) is 104 Å². The van der Waals surface area contributed by atoms with E-state index in [1.54, 1.807) is 23.9 Å². The Morgan fingerprint density at radius 1 is 0.979 bits per heavy atom. The number of rotatable bonds is 6. The van der Waals surface area contributed by atoms with Crippen molar-refractivity contribution in [2.45, 2.75) is 35.7 Å². The van der Waals surface area contributed by atoms with Gasteiger partial charge in [0.25, 0.3) is 5.91 Å². The van der Waals surface area contributed by atoms with Crippen LogP contribution < -0.4 is 19.8 Å². The third-order valence-electron chi connectivity index (χ3n) is 10.1. The number of nitrogens with zero attached hydrogens (tertiary/aromatic N) is 1. The number of alkyl halides is 3. The van der Waals surface area contributed by atoms with Gasteiger partial charge in [0.15, 0.2) is 6.61 Å². The van der Waals surface area contributed by atoms with Gasteiger partial charge in [0.2, 0.25) is 11.8 Å². The number of amides is 3. The molecule has 3 fully saturated rings. The molecule has 4 aliphatic rings. The first kappa shape index (κ1) is 30.9. The lowest BCUT2D eigenvalue weighted by molar-refractivity contribution is -0.137. The number of aromatic amines is 1. The maximum absolute atomic E-state index is 13.9. The molecule has 3 heterocycles. The zero-order chi connectivity index (χ0) is 33.5. The predicted octanol–water partition coefficient (Wildman–Crippen LogP) is 6.46. The van der Waals surface area contributed by atoms with Crippen molar-refractivity contribution >= 4 is 52.2 Å². The minimum Gasteiger partial charge on any atom is -0.484 e. The summed E-state index contributed by atoms with van der Waals surface area (Å²) >= 11 is 2.79. The van der Waals surface area contributed by atoms with Gasteiger partial charge in [-0.05, 0) is 79.1 Å². The number of thioether (sulfide) groups is 1. The van der Waals surface area contributed by atoms with Crippen LogP contribution in [0.1, 0.15) is 33.9 Å². The minimum absolute atomic E-state index is 0.00102. The number of benzene rings is 3. The average Bonchev–Trinajstić information content (AvgIpc) is 3.79. The van der Waals surface area contributed by atoms with Crippen LogP contribution in [0.2, 0.25) is 0 Å². The van der Waals surface area contributed by atoms with E-state index in [1.807, 2.05) is 43.3 Å². The second kappa shape index (κ2) is 11.4. The van der Waals surface area contributed by atoms with Gasteiger partial charge < -0.3 is 15.0 Å². The van der Waals surface area contributed by atoms with E-state index in [0.717, 1.165) is 39.6 Å². The maximum atomic E-state index is 13.9. The van der Waals surface area contributed by atoms with E-state index < -0.39 is 30.2 Å². The molecule has 2 N–H and O–H groups in total. The number of aromatic nitrogens is 1. The molecule has 2 bridgehead atoms. The molecule has 13 heteroatoms. The highest BCUT2D eigenvalue weighted by atomic mass is 32.2. The molecule has 0 spiro atoms. The summed E-state index contributed by atoms with van der Waals surface area (Å²) in [4.78, 5) is 57.9. The van der Waals surface area contributed by atoms with Crippen LogP contribution in [0, 0.1) is 36.5 Å². The van der Waals surface area contributed by atoms with Crippen LogP contribution in [-0.4, -0.2) is 34.6 Å². The minimum atomic E-state index is -4.53. The summed E-state index contributed by atoms with van der Waals surface area (Å²) in [7, 11) is 0. The van der Waals surface area contributed by atoms with E-state index in [9.17, 15) is 32.3 Å². The number of carbonyl (C=O) groups excluding carboxylic acids is 3. The molecule has 3 aromatic carbocycles. The van der Waals surface area contributed by atoms with Crippen molar-refractivity contribution in [1.29, 1.82) is 0 Å². The molecule has 7 atom stereocenters. The third-order valence-corrected chi connectivity index (χ3v) is 12.7. The van der Waals surface area contributed by atoms with Crippen LogP contribution in [0.15, 0.2) is 82.6 Å². The van der Waals surface area contributed by atoms with Gasteiger partial charge in [-0.15, -0.1) is 11.8 Å². The van der Waals surface area contributed by atoms with Crippen molar-refractivity contribution in [3.63, 3.8) is 0 Å². The molecule has 2 aliphatic heterocycles. The molecule has 48 heavy (non-hydrogen) atoms. The molecule has 8 nitrogen and oxygen atoms in total. The van der Waals surface area contributed by atoms with Crippen molar-refractivity contribution in [2.24, 2.45) is 29.6 Å². The van der Waals surface area contributed by atoms with Gasteiger partial charge in [0.05, 0.1) is 28.1 Å². The van der Waals surface area contributed by atoms with Crippen LogP contribution in [0.25, 0.3) is 0 Å². The summed E-state index contributed by atoms with van der Waals surface area (Å²) in [5.74, 6) is -1.50. The molecule has 8 rings (SSSR count). The van der Waals surface area contributed by atoms with E-state index in [1.165, 1.54) is 28.4 Å². The molecule has 2 saturated carbocycles. The van der Waals surface area contributed by atoms with Crippen molar-refractivity contribution in [3.8, 4) is 5.75 Å². The zero-order valence-corrected chi connectivity index (χ0v) is 27.0. The first-order valence-corrected chi connectivity index (χ1v) is 17.2. The van der Waals surface area contributed by atoms with Crippen molar-refractivity contribution in [2.75, 3.05) is 16.8 Å². The quantitative estimate of drug-likeness (QED) is 0.225. The van der Waals surface area contributed by atoms with Crippen LogP contribution in [-0.2, 0) is 20.6 Å². The molecule has 4 aromatic rings. The van der Waals surface area contributed by atoms with E-state index in [-0.39, 0.29) is 57.2 Å². The van der Waals surface area contributed by atoms with Gasteiger partial charge in [-0.3, -0.25) is 24.1 Å². The van der Waals surface area contributed by atoms with Crippen LogP contribution >= 0.6 is 23.1 Å². The van der Waals surface area contributed by atoms with Gasteiger partial charge in [0, 0.05) is 21.7 Å². The van der Waals surface area contributed by atoms with Gasteiger partial charge in [-0.25, -0.2) is 0 Å². The number of imide groups is 1. The Balaban J connectivity index is 1.02. The Labute approximate surface area is 280 Å². The fraction of sp³-hybridized carbons (Fsp3) is 0.314. The fourth-order valence-electron chi connectivity index (χ4n) is 8.23. The summed E-state index contributed by atoms with van der Waals surface area (Å²) in [6, 6.07) is 19.0. The highest BCUT2D eigenvalue weighted by molar-refractivity contribution is 8.00. The topological polar surface area (TPSA) is 109 Å². The standard InChI is InChI=1S/C35H28F3N3O5S2/c1-16-5-9-20(10-6-16)41-32(43)27-22-14-23(28(27)33(41)44)29-26(22)25(30-31(47-29)40-34(45)48-30)17-7-11-21(12-8-17)46-15-24(42)39-19-4-2-3-18(13-19)35(36,37)38/h2-13,22-23,25-29H,14-15H2,1H3,(H,39,42)(H,40,45)/t22?,23?,25-,26?,27?,28?,29?/m1/s1. The Hall–Kier alpha value is -4.36. The van der Waals surface area contributed by atoms with Crippen molar-refractivity contribution < 1.29 is 32.3 Å². The first-order chi connectivity index (χ1) is 23.0. The summed E-state index contributed by atoms with van der Waals surface area (Å²) in [5, 5.41) is 3.28. The second-order valence-electron chi connectivity index (χ2n) is 12.8. The predicted molar refractivity (Wildman–Crippen MR) is 174 cm³/mol. The van der Waals surface area contributed by atoms with E-state index >= 15 is 0 Å². The van der Waals surface area contributed by atoms with E-state index in [0.29, 0.717) is 11.4 Å². The number of fused-ring (bicyclic) bond motifs is 9. The fourth-order valence-corrected chi connectivity index (χ4v) is 11.1. The number of halogens is 3. The molecule has 2 aliphatic carbocycles. The maximum Gasteiger partial charge on any atom is 0.416 e. The SMILES string of the molecule is Cc1ccc(N2C(=O)C3C4CC(C3C2=O)C2C4Sc3[nH]c(=O)sc3[C@@H]2c2ccc(OCC(=O)Nc3cccc(C(F)(F)F)c3)cc2)cc1. The Kier molecular flexibility index (Phi) is 7.33. The summed E-state index contributed by atoms with van der Waals surface area (Å²) in [6.45, 7) is 1.54. The highest BCUT2D eigenvalue weighted by Gasteiger charge is 2.69.